The molecule has 2 atom stereocenters. The van der Waals surface area contributed by atoms with E-state index in [1.165, 1.54) is 295 Å². The van der Waals surface area contributed by atoms with Crippen molar-refractivity contribution < 1.29 is 24.5 Å². The van der Waals surface area contributed by atoms with Gasteiger partial charge in [-0.1, -0.05) is 328 Å². The van der Waals surface area contributed by atoms with Crippen molar-refractivity contribution in [1.29, 1.82) is 0 Å². The van der Waals surface area contributed by atoms with E-state index in [0.717, 1.165) is 38.5 Å². The molecule has 0 fully saturated rings. The predicted octanol–water partition coefficient (Wildman–Crippen LogP) is 19.9. The van der Waals surface area contributed by atoms with Crippen LogP contribution in [0.2, 0.25) is 0 Å². The highest BCUT2D eigenvalue weighted by Crippen LogP contribution is 2.19. The molecular formula is C63H125NO5. The average molecular weight is 977 g/mol. The minimum atomic E-state index is -0.664. The van der Waals surface area contributed by atoms with Crippen molar-refractivity contribution in [2.45, 2.75) is 379 Å². The number of hydrogen-bond donors (Lipinski definition) is 3. The number of carbonyl (C=O) groups is 2. The fourth-order valence-electron chi connectivity index (χ4n) is 10.3. The predicted molar refractivity (Wildman–Crippen MR) is 301 cm³/mol. The van der Waals surface area contributed by atoms with Crippen LogP contribution in [0.4, 0.5) is 0 Å². The fraction of sp³-hybridized carbons (Fsp3) is 0.968. The summed E-state index contributed by atoms with van der Waals surface area (Å²) in [7, 11) is 0. The molecule has 0 rings (SSSR count). The Kier molecular flexibility index (Phi) is 58.4. The van der Waals surface area contributed by atoms with Crippen LogP contribution in [0.25, 0.3) is 0 Å². The standard InChI is InChI=1S/C63H125NO5/c1-3-5-7-9-11-13-15-17-19-20-22-26-29-33-37-41-45-49-53-57-63(68)69-58-54-50-46-42-38-34-30-27-24-21-23-25-28-32-36-40-44-48-52-56-62(67)64-60(59-65)61(66)55-51-47-43-39-35-31-18-16-14-12-10-8-6-4-2/h60-61,65-66H,3-59H2,1-2H3,(H,64,67). The van der Waals surface area contributed by atoms with E-state index in [4.69, 9.17) is 4.74 Å². The zero-order chi connectivity index (χ0) is 50.0. The molecule has 0 saturated carbocycles. The van der Waals surface area contributed by atoms with Crippen LogP contribution < -0.4 is 5.32 Å². The van der Waals surface area contributed by atoms with Crippen LogP contribution in [-0.4, -0.2) is 47.4 Å². The Morgan fingerprint density at radius 1 is 0.348 bits per heavy atom. The second kappa shape index (κ2) is 59.4. The molecule has 0 radical (unpaired) electrons. The summed E-state index contributed by atoms with van der Waals surface area (Å²) in [6, 6.07) is -0.542. The summed E-state index contributed by atoms with van der Waals surface area (Å²) >= 11 is 0. The van der Waals surface area contributed by atoms with Gasteiger partial charge in [0.25, 0.3) is 0 Å². The highest BCUT2D eigenvalue weighted by Gasteiger charge is 2.20. The number of aliphatic hydroxyl groups excluding tert-OH is 2. The Bertz CT molecular complexity index is 990. The Hall–Kier alpha value is -1.14. The monoisotopic (exact) mass is 976 g/mol. The van der Waals surface area contributed by atoms with Crippen LogP contribution in [0.5, 0.6) is 0 Å². The number of nitrogens with one attached hydrogen (secondary N) is 1. The topological polar surface area (TPSA) is 95.9 Å². The lowest BCUT2D eigenvalue weighted by Crippen LogP contribution is -2.45. The van der Waals surface area contributed by atoms with Crippen molar-refractivity contribution in [2.24, 2.45) is 0 Å². The molecule has 0 aliphatic heterocycles. The van der Waals surface area contributed by atoms with E-state index in [1.807, 2.05) is 0 Å². The average Bonchev–Trinajstić information content (AvgIpc) is 3.35. The number of aliphatic hydroxyl groups is 2. The summed E-state index contributed by atoms with van der Waals surface area (Å²) in [5.74, 6) is -0.0199. The Morgan fingerprint density at radius 3 is 0.884 bits per heavy atom. The highest BCUT2D eigenvalue weighted by atomic mass is 16.5. The molecule has 2 unspecified atom stereocenters. The summed E-state index contributed by atoms with van der Waals surface area (Å²) in [5.41, 5.74) is 0. The minimum absolute atomic E-state index is 0.0150. The number of carbonyl (C=O) groups excluding carboxylic acids is 2. The smallest absolute Gasteiger partial charge is 0.305 e. The van der Waals surface area contributed by atoms with Crippen LogP contribution in [0.3, 0.4) is 0 Å². The van der Waals surface area contributed by atoms with Gasteiger partial charge in [0.1, 0.15) is 0 Å². The minimum Gasteiger partial charge on any atom is -0.466 e. The number of esters is 1. The van der Waals surface area contributed by atoms with Gasteiger partial charge in [0, 0.05) is 12.8 Å². The van der Waals surface area contributed by atoms with Gasteiger partial charge in [-0.2, -0.15) is 0 Å². The number of hydrogen-bond acceptors (Lipinski definition) is 5. The van der Waals surface area contributed by atoms with Crippen LogP contribution in [0.15, 0.2) is 0 Å². The zero-order valence-corrected chi connectivity index (χ0v) is 47.1. The van der Waals surface area contributed by atoms with Crippen molar-refractivity contribution in [3.8, 4) is 0 Å². The van der Waals surface area contributed by atoms with Gasteiger partial charge in [0.15, 0.2) is 0 Å². The second-order valence-electron chi connectivity index (χ2n) is 22.1. The lowest BCUT2D eigenvalue weighted by atomic mass is 10.0. The Morgan fingerprint density at radius 2 is 0.594 bits per heavy atom. The fourth-order valence-corrected chi connectivity index (χ4v) is 10.3. The van der Waals surface area contributed by atoms with Crippen molar-refractivity contribution in [3.05, 3.63) is 0 Å². The molecule has 6 heteroatoms. The van der Waals surface area contributed by atoms with Crippen LogP contribution in [0, 0.1) is 0 Å². The molecule has 69 heavy (non-hydrogen) atoms. The number of amides is 1. The summed E-state index contributed by atoms with van der Waals surface area (Å²) < 4.78 is 5.50. The van der Waals surface area contributed by atoms with Gasteiger partial charge in [0.05, 0.1) is 25.4 Å². The maximum Gasteiger partial charge on any atom is 0.305 e. The summed E-state index contributed by atoms with van der Waals surface area (Å²) in [4.78, 5) is 24.6. The third-order valence-corrected chi connectivity index (χ3v) is 15.2. The normalized spacial score (nSPS) is 12.5. The quantitative estimate of drug-likeness (QED) is 0.0417. The van der Waals surface area contributed by atoms with E-state index in [9.17, 15) is 19.8 Å². The van der Waals surface area contributed by atoms with Crippen LogP contribution in [0.1, 0.15) is 367 Å². The van der Waals surface area contributed by atoms with E-state index in [-0.39, 0.29) is 18.5 Å². The molecule has 0 aromatic rings. The maximum absolute atomic E-state index is 12.5. The Labute approximate surface area is 432 Å². The van der Waals surface area contributed by atoms with E-state index < -0.39 is 12.1 Å². The van der Waals surface area contributed by atoms with Gasteiger partial charge >= 0.3 is 5.97 Å². The Balaban J connectivity index is 3.35. The van der Waals surface area contributed by atoms with Crippen LogP contribution in [-0.2, 0) is 14.3 Å². The first-order chi connectivity index (χ1) is 34.0. The molecule has 412 valence electrons. The van der Waals surface area contributed by atoms with Gasteiger partial charge in [-0.05, 0) is 25.7 Å². The van der Waals surface area contributed by atoms with E-state index >= 15 is 0 Å². The molecule has 0 heterocycles. The van der Waals surface area contributed by atoms with Gasteiger partial charge in [-0.25, -0.2) is 0 Å². The van der Waals surface area contributed by atoms with Crippen LogP contribution >= 0.6 is 0 Å². The lowest BCUT2D eigenvalue weighted by molar-refractivity contribution is -0.143. The molecular weight excluding hydrogens is 851 g/mol. The van der Waals surface area contributed by atoms with Crippen molar-refractivity contribution in [2.75, 3.05) is 13.2 Å². The SMILES string of the molecule is CCCCCCCCCCCCCCCCCCCCCC(=O)OCCCCCCCCCCCCCCCCCCCCCC(=O)NC(CO)C(O)CCCCCCCCCCCCCCCC. The van der Waals surface area contributed by atoms with E-state index in [0.29, 0.717) is 25.9 Å². The van der Waals surface area contributed by atoms with Gasteiger partial charge in [-0.3, -0.25) is 9.59 Å². The van der Waals surface area contributed by atoms with E-state index in [2.05, 4.69) is 19.2 Å². The van der Waals surface area contributed by atoms with Crippen molar-refractivity contribution >= 4 is 11.9 Å². The first kappa shape index (κ1) is 67.9. The summed E-state index contributed by atoms with van der Waals surface area (Å²) in [5, 5.41) is 23.3. The molecule has 0 bridgehead atoms. The molecule has 1 amide bonds. The molecule has 0 aliphatic carbocycles. The number of rotatable bonds is 60. The largest absolute Gasteiger partial charge is 0.466 e. The van der Waals surface area contributed by atoms with E-state index in [1.54, 1.807) is 0 Å². The second-order valence-corrected chi connectivity index (χ2v) is 22.1. The molecule has 3 N–H and O–H groups in total. The molecule has 0 aliphatic rings. The maximum atomic E-state index is 12.5. The molecule has 0 spiro atoms. The number of ether oxygens (including phenoxy) is 1. The molecule has 0 aromatic carbocycles. The highest BCUT2D eigenvalue weighted by molar-refractivity contribution is 5.76. The third-order valence-electron chi connectivity index (χ3n) is 15.2. The molecule has 0 aromatic heterocycles. The van der Waals surface area contributed by atoms with Gasteiger partial charge in [0.2, 0.25) is 5.91 Å². The first-order valence-corrected chi connectivity index (χ1v) is 31.8. The number of unbranched alkanes of at least 4 members (excludes halogenated alkanes) is 49. The van der Waals surface area contributed by atoms with Crippen molar-refractivity contribution in [3.63, 3.8) is 0 Å². The molecule has 6 nitrogen and oxygen atoms in total. The zero-order valence-electron chi connectivity index (χ0n) is 47.1. The van der Waals surface area contributed by atoms with Gasteiger partial charge < -0.3 is 20.3 Å². The first-order valence-electron chi connectivity index (χ1n) is 31.8. The third kappa shape index (κ3) is 56.0. The molecule has 0 saturated heterocycles. The lowest BCUT2D eigenvalue weighted by Gasteiger charge is -2.22. The van der Waals surface area contributed by atoms with Gasteiger partial charge in [-0.15, -0.1) is 0 Å². The summed E-state index contributed by atoms with van der Waals surface area (Å²) in [6.45, 7) is 4.98. The summed E-state index contributed by atoms with van der Waals surface area (Å²) in [6.07, 6.45) is 69.7. The van der Waals surface area contributed by atoms with Crippen molar-refractivity contribution in [1.82, 2.24) is 5.32 Å².